The minimum Gasteiger partial charge on any atom is -0.489 e. The SMILES string of the molecule is CCCCCCCCn1cc(-c2ccc(OCc3cc(Cl)cc(Cl)c3)cc2)cc1C(=O)O. The standard InChI is InChI=1S/C26H29Cl2NO3/c1-2-3-4-5-6-7-12-29-17-21(15-25(29)26(30)31)20-8-10-24(11-9-20)32-18-19-13-22(27)16-23(28)14-19/h8-11,13-17H,2-7,12,18H2,1H3,(H,30,31). The Bertz CT molecular complexity index is 1010. The summed E-state index contributed by atoms with van der Waals surface area (Å²) >= 11 is 12.1. The lowest BCUT2D eigenvalue weighted by atomic mass is 10.1. The first-order valence-corrected chi connectivity index (χ1v) is 11.8. The second-order valence-corrected chi connectivity index (χ2v) is 8.84. The van der Waals surface area contributed by atoms with Gasteiger partial charge in [0.1, 0.15) is 18.1 Å². The van der Waals surface area contributed by atoms with Gasteiger partial charge in [-0.05, 0) is 53.9 Å². The van der Waals surface area contributed by atoms with Crippen LogP contribution >= 0.6 is 23.2 Å². The average molecular weight is 474 g/mol. The molecule has 0 atom stereocenters. The van der Waals surface area contributed by atoms with E-state index < -0.39 is 5.97 Å². The first-order valence-electron chi connectivity index (χ1n) is 11.1. The van der Waals surface area contributed by atoms with Gasteiger partial charge in [0.25, 0.3) is 0 Å². The molecule has 0 saturated heterocycles. The Morgan fingerprint density at radius 1 is 0.906 bits per heavy atom. The Hall–Kier alpha value is -2.43. The molecule has 0 unspecified atom stereocenters. The van der Waals surface area contributed by atoms with Crippen molar-refractivity contribution >= 4 is 29.2 Å². The Morgan fingerprint density at radius 2 is 1.56 bits per heavy atom. The Kier molecular flexibility index (Phi) is 9.07. The molecular weight excluding hydrogens is 445 g/mol. The summed E-state index contributed by atoms with van der Waals surface area (Å²) in [6.45, 7) is 3.28. The molecule has 1 aromatic heterocycles. The van der Waals surface area contributed by atoms with Crippen LogP contribution in [0.1, 0.15) is 61.5 Å². The summed E-state index contributed by atoms with van der Waals surface area (Å²) in [5.74, 6) is -0.183. The van der Waals surface area contributed by atoms with Crippen LogP contribution in [0.5, 0.6) is 5.75 Å². The Morgan fingerprint density at radius 3 is 2.22 bits per heavy atom. The number of carbonyl (C=O) groups is 1. The summed E-state index contributed by atoms with van der Waals surface area (Å²) in [7, 11) is 0. The van der Waals surface area contributed by atoms with Crippen molar-refractivity contribution in [1.29, 1.82) is 0 Å². The number of carboxylic acid groups (broad SMARTS) is 1. The molecule has 0 fully saturated rings. The molecule has 2 aromatic carbocycles. The van der Waals surface area contributed by atoms with Gasteiger partial charge in [-0.2, -0.15) is 0 Å². The normalized spacial score (nSPS) is 11.0. The van der Waals surface area contributed by atoms with Crippen LogP contribution in [0.4, 0.5) is 0 Å². The van der Waals surface area contributed by atoms with Crippen molar-refractivity contribution in [3.63, 3.8) is 0 Å². The molecule has 3 aromatic rings. The molecule has 170 valence electrons. The fraction of sp³-hybridized carbons (Fsp3) is 0.346. The van der Waals surface area contributed by atoms with E-state index >= 15 is 0 Å². The van der Waals surface area contributed by atoms with Gasteiger partial charge in [0, 0.05) is 28.4 Å². The summed E-state index contributed by atoms with van der Waals surface area (Å²) in [5.41, 5.74) is 3.06. The number of hydrogen-bond donors (Lipinski definition) is 1. The number of nitrogens with zero attached hydrogens (tertiary/aromatic N) is 1. The van der Waals surface area contributed by atoms with Crippen molar-refractivity contribution in [2.24, 2.45) is 0 Å². The highest BCUT2D eigenvalue weighted by Gasteiger charge is 2.13. The number of halogens is 2. The van der Waals surface area contributed by atoms with Gasteiger partial charge in [-0.3, -0.25) is 0 Å². The molecule has 6 heteroatoms. The fourth-order valence-electron chi connectivity index (χ4n) is 3.70. The van der Waals surface area contributed by atoms with Gasteiger partial charge < -0.3 is 14.4 Å². The van der Waals surface area contributed by atoms with Crippen LogP contribution in [0.2, 0.25) is 10.0 Å². The highest BCUT2D eigenvalue weighted by molar-refractivity contribution is 6.34. The highest BCUT2D eigenvalue weighted by atomic mass is 35.5. The zero-order valence-electron chi connectivity index (χ0n) is 18.3. The molecular formula is C26H29Cl2NO3. The van der Waals surface area contributed by atoms with Crippen molar-refractivity contribution in [2.75, 3.05) is 0 Å². The predicted molar refractivity (Wildman–Crippen MR) is 131 cm³/mol. The molecule has 4 nitrogen and oxygen atoms in total. The monoisotopic (exact) mass is 473 g/mol. The van der Waals surface area contributed by atoms with E-state index in [1.165, 1.54) is 25.7 Å². The van der Waals surface area contributed by atoms with Gasteiger partial charge in [0.15, 0.2) is 0 Å². The van der Waals surface area contributed by atoms with Crippen molar-refractivity contribution in [2.45, 2.75) is 58.6 Å². The van der Waals surface area contributed by atoms with E-state index in [9.17, 15) is 9.90 Å². The maximum absolute atomic E-state index is 11.7. The largest absolute Gasteiger partial charge is 0.489 e. The first kappa shape index (κ1) is 24.2. The van der Waals surface area contributed by atoms with Crippen molar-refractivity contribution in [3.05, 3.63) is 76.0 Å². The molecule has 1 N–H and O–H groups in total. The summed E-state index contributed by atoms with van der Waals surface area (Å²) in [6, 6.07) is 14.7. The second kappa shape index (κ2) is 12.0. The Balaban J connectivity index is 1.62. The van der Waals surface area contributed by atoms with Gasteiger partial charge in [-0.1, -0.05) is 74.4 Å². The minimum absolute atomic E-state index is 0.326. The van der Waals surface area contributed by atoms with Gasteiger partial charge in [0.2, 0.25) is 0 Å². The molecule has 0 aliphatic heterocycles. The van der Waals surface area contributed by atoms with Crippen molar-refractivity contribution in [3.8, 4) is 16.9 Å². The third kappa shape index (κ3) is 7.04. The highest BCUT2D eigenvalue weighted by Crippen LogP contribution is 2.26. The number of rotatable bonds is 12. The number of aromatic carboxylic acids is 1. The third-order valence-electron chi connectivity index (χ3n) is 5.38. The minimum atomic E-state index is -0.901. The van der Waals surface area contributed by atoms with Gasteiger partial charge in [-0.15, -0.1) is 0 Å². The van der Waals surface area contributed by atoms with Crippen LogP contribution in [0.25, 0.3) is 11.1 Å². The maximum atomic E-state index is 11.7. The average Bonchev–Trinajstić information content (AvgIpc) is 3.19. The summed E-state index contributed by atoms with van der Waals surface area (Å²) in [6.07, 6.45) is 8.98. The lowest BCUT2D eigenvalue weighted by Crippen LogP contribution is -2.07. The van der Waals surface area contributed by atoms with Gasteiger partial charge >= 0.3 is 5.97 Å². The molecule has 3 rings (SSSR count). The van der Waals surface area contributed by atoms with Crippen LogP contribution in [-0.2, 0) is 13.2 Å². The van der Waals surface area contributed by atoms with E-state index in [-0.39, 0.29) is 0 Å². The smallest absolute Gasteiger partial charge is 0.352 e. The molecule has 0 radical (unpaired) electrons. The van der Waals surface area contributed by atoms with Crippen molar-refractivity contribution < 1.29 is 14.6 Å². The topological polar surface area (TPSA) is 51.5 Å². The molecule has 0 aliphatic carbocycles. The van der Waals surface area contributed by atoms with Crippen LogP contribution < -0.4 is 4.74 Å². The zero-order chi connectivity index (χ0) is 22.9. The van der Waals surface area contributed by atoms with E-state index in [1.807, 2.05) is 47.2 Å². The predicted octanol–water partition coefficient (Wildman–Crippen LogP) is 8.10. The molecule has 0 bridgehead atoms. The lowest BCUT2D eigenvalue weighted by Gasteiger charge is -2.08. The number of carboxylic acids is 1. The lowest BCUT2D eigenvalue weighted by molar-refractivity contribution is 0.0685. The summed E-state index contributed by atoms with van der Waals surface area (Å²) in [5, 5.41) is 10.8. The number of ether oxygens (including phenoxy) is 1. The van der Waals surface area contributed by atoms with E-state index in [4.69, 9.17) is 27.9 Å². The van der Waals surface area contributed by atoms with Crippen LogP contribution in [-0.4, -0.2) is 15.6 Å². The van der Waals surface area contributed by atoms with E-state index in [0.29, 0.717) is 22.3 Å². The molecule has 1 heterocycles. The molecule has 0 aliphatic rings. The zero-order valence-corrected chi connectivity index (χ0v) is 19.8. The molecule has 0 spiro atoms. The summed E-state index contributed by atoms with van der Waals surface area (Å²) in [4.78, 5) is 11.7. The number of unbranched alkanes of at least 4 members (excludes halogenated alkanes) is 5. The molecule has 32 heavy (non-hydrogen) atoms. The number of aryl methyl sites for hydroxylation is 1. The quantitative estimate of drug-likeness (QED) is 0.270. The number of aromatic nitrogens is 1. The third-order valence-corrected chi connectivity index (χ3v) is 5.82. The second-order valence-electron chi connectivity index (χ2n) is 7.97. The van der Waals surface area contributed by atoms with E-state index in [2.05, 4.69) is 6.92 Å². The van der Waals surface area contributed by atoms with Crippen LogP contribution in [0, 0.1) is 0 Å². The van der Waals surface area contributed by atoms with E-state index in [1.54, 1.807) is 12.1 Å². The van der Waals surface area contributed by atoms with Crippen molar-refractivity contribution in [1.82, 2.24) is 4.57 Å². The van der Waals surface area contributed by atoms with E-state index in [0.717, 1.165) is 41.8 Å². The van der Waals surface area contributed by atoms with Crippen LogP contribution in [0.15, 0.2) is 54.7 Å². The maximum Gasteiger partial charge on any atom is 0.352 e. The molecule has 0 saturated carbocycles. The Labute approximate surface area is 199 Å². The first-order chi connectivity index (χ1) is 15.5. The fourth-order valence-corrected chi connectivity index (χ4v) is 4.27. The van der Waals surface area contributed by atoms with Gasteiger partial charge in [-0.25, -0.2) is 4.79 Å². The number of benzene rings is 2. The van der Waals surface area contributed by atoms with Gasteiger partial charge in [0.05, 0.1) is 0 Å². The summed E-state index contributed by atoms with van der Waals surface area (Å²) < 4.78 is 7.69. The number of hydrogen-bond acceptors (Lipinski definition) is 2. The van der Waals surface area contributed by atoms with Crippen LogP contribution in [0.3, 0.4) is 0 Å². The molecule has 0 amide bonds.